The Kier molecular flexibility index (Phi) is 13.7. The monoisotopic (exact) mass is 475 g/mol. The SMILES string of the molecule is CCCCCCCCCCCCCCOC(=O)C(C)NC(=O)c1cc(C(F)(F)F)ccc1F. The minimum Gasteiger partial charge on any atom is -0.464 e. The van der Waals surface area contributed by atoms with E-state index >= 15 is 0 Å². The van der Waals surface area contributed by atoms with Crippen molar-refractivity contribution in [3.63, 3.8) is 0 Å². The molecule has 0 aromatic heterocycles. The number of carbonyl (C=O) groups excluding carboxylic acids is 2. The molecule has 0 radical (unpaired) electrons. The van der Waals surface area contributed by atoms with Gasteiger partial charge in [-0.25, -0.2) is 9.18 Å². The summed E-state index contributed by atoms with van der Waals surface area (Å²) in [6.45, 7) is 3.76. The molecule has 0 aliphatic carbocycles. The normalized spacial score (nSPS) is 12.4. The quantitative estimate of drug-likeness (QED) is 0.156. The summed E-state index contributed by atoms with van der Waals surface area (Å²) in [7, 11) is 0. The maximum atomic E-state index is 13.8. The van der Waals surface area contributed by atoms with Gasteiger partial charge in [0.2, 0.25) is 0 Å². The number of nitrogens with one attached hydrogen (secondary N) is 1. The van der Waals surface area contributed by atoms with Crippen LogP contribution in [0.5, 0.6) is 0 Å². The molecule has 1 atom stereocenters. The standard InChI is InChI=1S/C25H37F4NO3/c1-3-4-5-6-7-8-9-10-11-12-13-14-17-33-24(32)19(2)30-23(31)21-18-20(25(27,28)29)15-16-22(21)26/h15-16,18-19H,3-14,17H2,1-2H3,(H,30,31). The molecule has 1 aromatic rings. The molecule has 0 bridgehead atoms. The van der Waals surface area contributed by atoms with E-state index in [1.165, 1.54) is 58.3 Å². The van der Waals surface area contributed by atoms with Crippen molar-refractivity contribution < 1.29 is 31.9 Å². The average Bonchev–Trinajstić information content (AvgIpc) is 2.76. The summed E-state index contributed by atoms with van der Waals surface area (Å²) in [6, 6.07) is 0.450. The minimum absolute atomic E-state index is 0.203. The summed E-state index contributed by atoms with van der Waals surface area (Å²) in [4.78, 5) is 24.1. The zero-order chi connectivity index (χ0) is 24.7. The van der Waals surface area contributed by atoms with E-state index in [9.17, 15) is 27.2 Å². The van der Waals surface area contributed by atoms with Crippen LogP contribution in [0.25, 0.3) is 0 Å². The third kappa shape index (κ3) is 12.1. The number of hydrogen-bond donors (Lipinski definition) is 1. The Hall–Kier alpha value is -2.12. The number of benzene rings is 1. The van der Waals surface area contributed by atoms with Crippen molar-refractivity contribution in [2.45, 2.75) is 103 Å². The van der Waals surface area contributed by atoms with Gasteiger partial charge in [-0.2, -0.15) is 13.2 Å². The van der Waals surface area contributed by atoms with Crippen LogP contribution in [0.4, 0.5) is 17.6 Å². The van der Waals surface area contributed by atoms with Crippen molar-refractivity contribution in [3.8, 4) is 0 Å². The number of rotatable bonds is 16. The maximum Gasteiger partial charge on any atom is 0.416 e. The Morgan fingerprint density at radius 1 is 0.909 bits per heavy atom. The molecular formula is C25H37F4NO3. The van der Waals surface area contributed by atoms with Crippen LogP contribution in [0.15, 0.2) is 18.2 Å². The van der Waals surface area contributed by atoms with Gasteiger partial charge in [-0.15, -0.1) is 0 Å². The van der Waals surface area contributed by atoms with E-state index in [0.717, 1.165) is 19.3 Å². The second-order valence-corrected chi connectivity index (χ2v) is 8.44. The van der Waals surface area contributed by atoms with Gasteiger partial charge in [-0.3, -0.25) is 4.79 Å². The highest BCUT2D eigenvalue weighted by Gasteiger charge is 2.32. The molecule has 1 unspecified atom stereocenters. The van der Waals surface area contributed by atoms with E-state index in [0.29, 0.717) is 24.6 Å². The lowest BCUT2D eigenvalue weighted by Crippen LogP contribution is -2.40. The minimum atomic E-state index is -4.71. The molecule has 1 rings (SSSR count). The van der Waals surface area contributed by atoms with Gasteiger partial charge < -0.3 is 10.1 Å². The number of hydrogen-bond acceptors (Lipinski definition) is 3. The highest BCUT2D eigenvalue weighted by Crippen LogP contribution is 2.30. The first-order chi connectivity index (χ1) is 15.7. The van der Waals surface area contributed by atoms with Gasteiger partial charge in [0.25, 0.3) is 5.91 Å². The van der Waals surface area contributed by atoms with Crippen molar-refractivity contribution in [1.82, 2.24) is 5.32 Å². The van der Waals surface area contributed by atoms with Crippen molar-refractivity contribution in [3.05, 3.63) is 35.1 Å². The first-order valence-corrected chi connectivity index (χ1v) is 12.0. The zero-order valence-corrected chi connectivity index (χ0v) is 19.7. The molecule has 33 heavy (non-hydrogen) atoms. The lowest BCUT2D eigenvalue weighted by atomic mass is 10.1. The summed E-state index contributed by atoms with van der Waals surface area (Å²) in [6.07, 6.45) is 9.45. The predicted octanol–water partition coefficient (Wildman–Crippen LogP) is 7.21. The van der Waals surface area contributed by atoms with Gasteiger partial charge in [0.15, 0.2) is 0 Å². The number of amides is 1. The lowest BCUT2D eigenvalue weighted by Gasteiger charge is -2.15. The number of ether oxygens (including phenoxy) is 1. The van der Waals surface area contributed by atoms with Gasteiger partial charge >= 0.3 is 12.1 Å². The Bertz CT molecular complexity index is 722. The van der Waals surface area contributed by atoms with Crippen molar-refractivity contribution in [2.75, 3.05) is 6.61 Å². The number of halogens is 4. The first kappa shape index (κ1) is 28.9. The molecule has 0 saturated heterocycles. The van der Waals surface area contributed by atoms with Gasteiger partial charge in [0.1, 0.15) is 11.9 Å². The number of unbranched alkanes of at least 4 members (excludes halogenated alkanes) is 11. The summed E-state index contributed by atoms with van der Waals surface area (Å²) in [5.41, 5.74) is -1.92. The average molecular weight is 476 g/mol. The molecule has 188 valence electrons. The molecule has 0 aliphatic rings. The topological polar surface area (TPSA) is 55.4 Å². The summed E-state index contributed by atoms with van der Waals surface area (Å²) < 4.78 is 57.3. The van der Waals surface area contributed by atoms with Crippen LogP contribution in [0.3, 0.4) is 0 Å². The Labute approximate surface area is 194 Å². The van der Waals surface area contributed by atoms with E-state index in [-0.39, 0.29) is 6.61 Å². The predicted molar refractivity (Wildman–Crippen MR) is 120 cm³/mol. The number of esters is 1. The third-order valence-corrected chi connectivity index (χ3v) is 5.48. The Morgan fingerprint density at radius 2 is 1.42 bits per heavy atom. The van der Waals surface area contributed by atoms with Gasteiger partial charge in [0.05, 0.1) is 17.7 Å². The van der Waals surface area contributed by atoms with Gasteiger partial charge in [-0.1, -0.05) is 77.6 Å². The Morgan fingerprint density at radius 3 is 1.94 bits per heavy atom. The van der Waals surface area contributed by atoms with Gasteiger partial charge in [-0.05, 0) is 31.5 Å². The van der Waals surface area contributed by atoms with E-state index in [2.05, 4.69) is 12.2 Å². The van der Waals surface area contributed by atoms with Crippen LogP contribution in [-0.2, 0) is 15.7 Å². The smallest absolute Gasteiger partial charge is 0.416 e. The summed E-state index contributed by atoms with van der Waals surface area (Å²) >= 11 is 0. The molecule has 0 fully saturated rings. The zero-order valence-electron chi connectivity index (χ0n) is 19.7. The van der Waals surface area contributed by atoms with Crippen LogP contribution in [0.1, 0.15) is 107 Å². The van der Waals surface area contributed by atoms with Crippen molar-refractivity contribution in [1.29, 1.82) is 0 Å². The summed E-state index contributed by atoms with van der Waals surface area (Å²) in [5, 5.41) is 2.19. The van der Waals surface area contributed by atoms with E-state index < -0.39 is 41.0 Å². The highest BCUT2D eigenvalue weighted by atomic mass is 19.4. The van der Waals surface area contributed by atoms with Crippen LogP contribution in [0.2, 0.25) is 0 Å². The maximum absolute atomic E-state index is 13.8. The lowest BCUT2D eigenvalue weighted by molar-refractivity contribution is -0.145. The van der Waals surface area contributed by atoms with Crippen molar-refractivity contribution >= 4 is 11.9 Å². The molecule has 1 amide bonds. The fourth-order valence-corrected chi connectivity index (χ4v) is 3.45. The molecule has 0 aliphatic heterocycles. The summed E-state index contributed by atoms with van der Waals surface area (Å²) in [5.74, 6) is -2.91. The van der Waals surface area contributed by atoms with Crippen molar-refractivity contribution in [2.24, 2.45) is 0 Å². The van der Waals surface area contributed by atoms with E-state index in [1.54, 1.807) is 0 Å². The van der Waals surface area contributed by atoms with Crippen LogP contribution in [-0.4, -0.2) is 24.5 Å². The molecule has 0 heterocycles. The molecule has 4 nitrogen and oxygen atoms in total. The van der Waals surface area contributed by atoms with Crippen LogP contribution >= 0.6 is 0 Å². The largest absolute Gasteiger partial charge is 0.464 e. The van der Waals surface area contributed by atoms with Crippen LogP contribution in [0, 0.1) is 5.82 Å². The number of carbonyl (C=O) groups is 2. The third-order valence-electron chi connectivity index (χ3n) is 5.48. The van der Waals surface area contributed by atoms with Crippen LogP contribution < -0.4 is 5.32 Å². The van der Waals surface area contributed by atoms with E-state index in [4.69, 9.17) is 4.74 Å². The molecule has 0 spiro atoms. The van der Waals surface area contributed by atoms with Gasteiger partial charge in [0, 0.05) is 0 Å². The highest BCUT2D eigenvalue weighted by molar-refractivity contribution is 5.97. The molecule has 0 saturated carbocycles. The Balaban J connectivity index is 2.20. The molecule has 8 heteroatoms. The second-order valence-electron chi connectivity index (χ2n) is 8.44. The molecule has 1 aromatic carbocycles. The molecule has 1 N–H and O–H groups in total. The molecular weight excluding hydrogens is 438 g/mol. The number of alkyl halides is 3. The first-order valence-electron chi connectivity index (χ1n) is 12.0. The fourth-order valence-electron chi connectivity index (χ4n) is 3.45. The fraction of sp³-hybridized carbons (Fsp3) is 0.680. The van der Waals surface area contributed by atoms with E-state index in [1.807, 2.05) is 0 Å². The second kappa shape index (κ2) is 15.7.